The summed E-state index contributed by atoms with van der Waals surface area (Å²) in [6.07, 6.45) is 46.7. The summed E-state index contributed by atoms with van der Waals surface area (Å²) in [5.41, 5.74) is 0. The molecule has 0 unspecified atom stereocenters. The van der Waals surface area contributed by atoms with Crippen LogP contribution in [0.4, 0.5) is 0 Å². The molecule has 2 N–H and O–H groups in total. The third kappa shape index (κ3) is 39.7. The molecule has 10 heteroatoms. The Morgan fingerprint density at radius 1 is 0.566 bits per heavy atom. The molecule has 0 amide bonds. The van der Waals surface area contributed by atoms with Crippen LogP contribution in [-0.4, -0.2) is 46.8 Å². The Hall–Kier alpha value is -3.36. The Morgan fingerprint density at radius 2 is 1.11 bits per heavy atom. The van der Waals surface area contributed by atoms with Crippen LogP contribution in [0.15, 0.2) is 97.2 Å². The lowest BCUT2D eigenvalue weighted by molar-refractivity contribution is -0.161. The van der Waals surface area contributed by atoms with E-state index in [0.29, 0.717) is 19.3 Å². The first-order valence-corrected chi connectivity index (χ1v) is 21.0. The summed E-state index contributed by atoms with van der Waals surface area (Å²) in [6.45, 7) is 3.33. The molecule has 0 aromatic rings. The second kappa shape index (κ2) is 37.0. The van der Waals surface area contributed by atoms with Crippen molar-refractivity contribution in [2.75, 3.05) is 13.2 Å². The highest BCUT2D eigenvalue weighted by atomic mass is 31.2. The average molecular weight is 759 g/mol. The highest BCUT2D eigenvalue weighted by Gasteiger charge is 2.22. The van der Waals surface area contributed by atoms with Gasteiger partial charge in [-0.15, -0.1) is 0 Å². The number of allylic oxidation sites excluding steroid dienone is 16. The largest absolute Gasteiger partial charge is 0.469 e. The first-order chi connectivity index (χ1) is 25.7. The van der Waals surface area contributed by atoms with Crippen LogP contribution in [0.3, 0.4) is 0 Å². The van der Waals surface area contributed by atoms with E-state index < -0.39 is 32.5 Å². The van der Waals surface area contributed by atoms with E-state index in [1.165, 1.54) is 19.3 Å². The Bertz CT molecular complexity index is 1230. The lowest BCUT2D eigenvalue weighted by atomic mass is 10.1. The van der Waals surface area contributed by atoms with Crippen LogP contribution in [-0.2, 0) is 32.9 Å². The van der Waals surface area contributed by atoms with Gasteiger partial charge >= 0.3 is 19.8 Å². The molecule has 298 valence electrons. The van der Waals surface area contributed by atoms with Crippen LogP contribution in [0.2, 0.25) is 0 Å². The van der Waals surface area contributed by atoms with Crippen molar-refractivity contribution in [1.82, 2.24) is 0 Å². The van der Waals surface area contributed by atoms with Crippen LogP contribution >= 0.6 is 7.82 Å². The molecular weight excluding hydrogens is 691 g/mol. The van der Waals surface area contributed by atoms with Gasteiger partial charge in [0.2, 0.25) is 0 Å². The van der Waals surface area contributed by atoms with Gasteiger partial charge in [-0.3, -0.25) is 18.9 Å². The highest BCUT2D eigenvalue weighted by Crippen LogP contribution is 2.35. The SMILES string of the molecule is CC/C=C\C/C=C\C/C=C\C/C=C\C/C=C\C/C=C\CCC(=O)O[C@H](COC(=O)CCCCCCCC(=O)/C=C/C=C\CCCCC)COP(=O)(O)O. The van der Waals surface area contributed by atoms with Crippen LogP contribution in [0.25, 0.3) is 0 Å². The predicted octanol–water partition coefficient (Wildman–Crippen LogP) is 11.0. The average Bonchev–Trinajstić information content (AvgIpc) is 3.12. The summed E-state index contributed by atoms with van der Waals surface area (Å²) in [5, 5.41) is 0. The van der Waals surface area contributed by atoms with Crippen LogP contribution in [0.1, 0.15) is 136 Å². The number of carbonyl (C=O) groups is 3. The summed E-state index contributed by atoms with van der Waals surface area (Å²) in [4.78, 5) is 54.7. The summed E-state index contributed by atoms with van der Waals surface area (Å²) >= 11 is 0. The van der Waals surface area contributed by atoms with Gasteiger partial charge in [-0.05, 0) is 76.7 Å². The van der Waals surface area contributed by atoms with Crippen molar-refractivity contribution in [2.24, 2.45) is 0 Å². The van der Waals surface area contributed by atoms with Gasteiger partial charge in [-0.2, -0.15) is 0 Å². The minimum atomic E-state index is -4.81. The number of hydrogen-bond acceptors (Lipinski definition) is 7. The topological polar surface area (TPSA) is 136 Å². The smallest absolute Gasteiger partial charge is 0.462 e. The van der Waals surface area contributed by atoms with Gasteiger partial charge in [0.1, 0.15) is 6.61 Å². The monoisotopic (exact) mass is 758 g/mol. The molecule has 53 heavy (non-hydrogen) atoms. The van der Waals surface area contributed by atoms with Gasteiger partial charge in [0.25, 0.3) is 0 Å². The van der Waals surface area contributed by atoms with E-state index in [0.717, 1.165) is 70.6 Å². The molecule has 0 aliphatic heterocycles. The molecule has 0 spiro atoms. The van der Waals surface area contributed by atoms with Crippen LogP contribution < -0.4 is 0 Å². The Morgan fingerprint density at radius 3 is 1.68 bits per heavy atom. The number of phosphoric acid groups is 1. The number of phosphoric ester groups is 1. The molecule has 0 aromatic carbocycles. The molecule has 0 aliphatic rings. The maximum atomic E-state index is 12.3. The minimum Gasteiger partial charge on any atom is -0.462 e. The van der Waals surface area contributed by atoms with E-state index in [1.54, 1.807) is 12.2 Å². The number of ketones is 1. The quantitative estimate of drug-likeness (QED) is 0.0164. The molecule has 9 nitrogen and oxygen atoms in total. The predicted molar refractivity (Wildman–Crippen MR) is 216 cm³/mol. The first-order valence-electron chi connectivity index (χ1n) is 19.5. The molecular formula is C43H67O9P. The molecule has 0 saturated heterocycles. The molecule has 0 rings (SSSR count). The van der Waals surface area contributed by atoms with Crippen molar-refractivity contribution in [3.8, 4) is 0 Å². The minimum absolute atomic E-state index is 0.0561. The number of carbonyl (C=O) groups excluding carboxylic acids is 3. The number of ether oxygens (including phenoxy) is 2. The van der Waals surface area contributed by atoms with Crippen molar-refractivity contribution in [2.45, 2.75) is 142 Å². The molecule has 0 bridgehead atoms. The normalized spacial score (nSPS) is 13.4. The van der Waals surface area contributed by atoms with Gasteiger partial charge < -0.3 is 19.3 Å². The molecule has 0 fully saturated rings. The zero-order valence-electron chi connectivity index (χ0n) is 32.4. The fraction of sp³-hybridized carbons (Fsp3) is 0.558. The summed E-state index contributed by atoms with van der Waals surface area (Å²) in [7, 11) is -4.81. The molecule has 0 radical (unpaired) electrons. The zero-order chi connectivity index (χ0) is 39.1. The standard InChI is InChI=1S/C43H67O9P/c1-3-5-7-9-11-12-13-14-15-16-17-18-19-20-21-22-24-28-33-37-43(46)52-41(39-51-53(47,48)49)38-50-42(45)36-32-29-25-27-31-35-40(44)34-30-26-23-10-8-6-4-2/h5,7,11-12,14-15,17-18,20-21,23-24,26,28,30,34,41H,3-4,6,8-10,13,16,19,22,25,27,29,31-33,35-39H2,1-2H3,(H2,47,48,49)/b7-5-,12-11-,15-14-,18-17-,21-20-,26-23-,28-24-,34-30+/t41-/m1/s1. The van der Waals surface area contributed by atoms with E-state index in [-0.39, 0.29) is 25.2 Å². The number of esters is 2. The van der Waals surface area contributed by atoms with Gasteiger partial charge in [0.05, 0.1) is 6.61 Å². The van der Waals surface area contributed by atoms with Crippen LogP contribution in [0.5, 0.6) is 0 Å². The van der Waals surface area contributed by atoms with E-state index in [2.05, 4.69) is 79.1 Å². The zero-order valence-corrected chi connectivity index (χ0v) is 33.3. The molecule has 0 aliphatic carbocycles. The second-order valence-electron chi connectivity index (χ2n) is 12.6. The van der Waals surface area contributed by atoms with E-state index >= 15 is 0 Å². The number of hydrogen-bond donors (Lipinski definition) is 2. The van der Waals surface area contributed by atoms with Gasteiger partial charge in [-0.25, -0.2) is 4.57 Å². The molecule has 1 atom stereocenters. The summed E-state index contributed by atoms with van der Waals surface area (Å²) in [6, 6.07) is 0. The van der Waals surface area contributed by atoms with Crippen molar-refractivity contribution in [1.29, 1.82) is 0 Å². The maximum Gasteiger partial charge on any atom is 0.469 e. The van der Waals surface area contributed by atoms with Gasteiger partial charge in [0.15, 0.2) is 11.9 Å². The van der Waals surface area contributed by atoms with E-state index in [4.69, 9.17) is 19.3 Å². The number of rotatable bonds is 34. The van der Waals surface area contributed by atoms with Crippen molar-refractivity contribution >= 4 is 25.5 Å². The maximum absolute atomic E-state index is 12.3. The molecule has 0 saturated carbocycles. The Balaban J connectivity index is 4.20. The van der Waals surface area contributed by atoms with Gasteiger partial charge in [-0.1, -0.05) is 137 Å². The Kier molecular flexibility index (Phi) is 34.6. The third-order valence-electron chi connectivity index (χ3n) is 7.58. The fourth-order valence-electron chi connectivity index (χ4n) is 4.67. The van der Waals surface area contributed by atoms with Crippen molar-refractivity contribution < 1.29 is 42.7 Å². The fourth-order valence-corrected chi connectivity index (χ4v) is 5.03. The van der Waals surface area contributed by atoms with Crippen LogP contribution in [0, 0.1) is 0 Å². The van der Waals surface area contributed by atoms with E-state index in [9.17, 15) is 18.9 Å². The van der Waals surface area contributed by atoms with Crippen molar-refractivity contribution in [3.05, 3.63) is 97.2 Å². The first kappa shape index (κ1) is 49.6. The lowest BCUT2D eigenvalue weighted by Gasteiger charge is -2.18. The van der Waals surface area contributed by atoms with E-state index in [1.807, 2.05) is 24.3 Å². The number of unbranched alkanes of at least 4 members (excludes halogenated alkanes) is 7. The lowest BCUT2D eigenvalue weighted by Crippen LogP contribution is -2.29. The molecule has 0 aromatic heterocycles. The third-order valence-corrected chi connectivity index (χ3v) is 8.06. The summed E-state index contributed by atoms with van der Waals surface area (Å²) in [5.74, 6) is -0.977. The molecule has 0 heterocycles. The second-order valence-corrected chi connectivity index (χ2v) is 13.8. The van der Waals surface area contributed by atoms with Gasteiger partial charge in [0, 0.05) is 19.3 Å². The Labute approximate surface area is 320 Å². The summed E-state index contributed by atoms with van der Waals surface area (Å²) < 4.78 is 26.2. The highest BCUT2D eigenvalue weighted by molar-refractivity contribution is 7.46. The van der Waals surface area contributed by atoms with Crippen molar-refractivity contribution in [3.63, 3.8) is 0 Å².